The zero-order valence-electron chi connectivity index (χ0n) is 23.8. The van der Waals surface area contributed by atoms with Crippen LogP contribution in [-0.2, 0) is 17.9 Å². The Hall–Kier alpha value is -4.78. The first-order valence-electron chi connectivity index (χ1n) is 13.3. The molecule has 10 heteroatoms. The summed E-state index contributed by atoms with van der Waals surface area (Å²) in [4.78, 5) is 44.6. The third kappa shape index (κ3) is 6.57. The molecule has 0 spiro atoms. The predicted molar refractivity (Wildman–Crippen MR) is 160 cm³/mol. The van der Waals surface area contributed by atoms with E-state index in [2.05, 4.69) is 15.6 Å². The average molecular weight is 585 g/mol. The Morgan fingerprint density at radius 1 is 1.14 bits per heavy atom. The van der Waals surface area contributed by atoms with Gasteiger partial charge in [0.15, 0.2) is 5.70 Å². The number of aromatic nitrogens is 1. The van der Waals surface area contributed by atoms with Gasteiger partial charge in [-0.3, -0.25) is 9.59 Å². The number of methoxy groups -OCH3 is 1. The molecule has 1 unspecified atom stereocenters. The van der Waals surface area contributed by atoms with E-state index in [1.807, 2.05) is 57.2 Å². The van der Waals surface area contributed by atoms with Crippen LogP contribution in [0.4, 0.5) is 10.6 Å². The number of ether oxygens (including phenoxy) is 1. The number of nitriles is 1. The van der Waals surface area contributed by atoms with Crippen molar-refractivity contribution in [3.8, 4) is 11.8 Å². The fourth-order valence-corrected chi connectivity index (χ4v) is 5.20. The summed E-state index contributed by atoms with van der Waals surface area (Å²) in [5.74, 6) is 0.125. The summed E-state index contributed by atoms with van der Waals surface area (Å²) >= 11 is 6.40. The van der Waals surface area contributed by atoms with Crippen molar-refractivity contribution < 1.29 is 23.6 Å². The number of rotatable bonds is 10. The lowest BCUT2D eigenvalue weighted by molar-refractivity contribution is -0.844. The number of aryl methyl sites for hydroxylation is 1. The number of carbonyl (C=O) groups is 3. The molecule has 1 atom stereocenters. The van der Waals surface area contributed by atoms with Gasteiger partial charge in [0, 0.05) is 23.7 Å². The number of Topliss-reactive ketones (excluding diaryl/α,β-unsaturated/α-hetero) is 1. The van der Waals surface area contributed by atoms with E-state index in [1.165, 1.54) is 12.2 Å². The Morgan fingerprint density at radius 3 is 2.55 bits per heavy atom. The second-order valence-electron chi connectivity index (χ2n) is 10.3. The number of amides is 3. The van der Waals surface area contributed by atoms with Crippen LogP contribution >= 0.6 is 11.6 Å². The van der Waals surface area contributed by atoms with Crippen molar-refractivity contribution in [2.45, 2.75) is 39.9 Å². The molecule has 2 aromatic carbocycles. The van der Waals surface area contributed by atoms with Crippen LogP contribution in [0.2, 0.25) is 5.15 Å². The number of anilines is 1. The van der Waals surface area contributed by atoms with Crippen LogP contribution in [0.15, 0.2) is 72.4 Å². The van der Waals surface area contributed by atoms with Crippen LogP contribution in [0.3, 0.4) is 0 Å². The van der Waals surface area contributed by atoms with Gasteiger partial charge in [-0.1, -0.05) is 29.8 Å². The minimum Gasteiger partial charge on any atom is -0.497 e. The first-order valence-corrected chi connectivity index (χ1v) is 13.6. The molecule has 3 amide bonds. The Bertz CT molecular complexity index is 1640. The van der Waals surface area contributed by atoms with Crippen LogP contribution in [0.25, 0.3) is 6.08 Å². The SMILES string of the molecule is COc1ccc(CNc2cc(C[N+]3(C(C)C)C(=O)NC(=O)C=C3C(=O)c3cc(C)cc(C=CC#N)c3)cc(Cl)n2)cc1. The molecule has 0 radical (unpaired) electrons. The molecule has 0 saturated heterocycles. The number of nitrogens with one attached hydrogen (secondary N) is 2. The molecule has 0 aliphatic carbocycles. The molecule has 0 fully saturated rings. The topological polar surface area (TPSA) is 121 Å². The van der Waals surface area contributed by atoms with Gasteiger partial charge in [0.05, 0.1) is 25.3 Å². The molecular weight excluding hydrogens is 554 g/mol. The molecule has 1 aliphatic heterocycles. The number of allylic oxidation sites excluding steroid dienone is 2. The summed E-state index contributed by atoms with van der Waals surface area (Å²) in [5, 5.41) is 14.8. The van der Waals surface area contributed by atoms with Gasteiger partial charge in [-0.15, -0.1) is 0 Å². The van der Waals surface area contributed by atoms with Crippen LogP contribution in [-0.4, -0.2) is 40.3 Å². The molecule has 0 saturated carbocycles. The number of urea groups is 1. The third-order valence-corrected chi connectivity index (χ3v) is 7.23. The summed E-state index contributed by atoms with van der Waals surface area (Å²) in [5.41, 5.74) is 3.44. The van der Waals surface area contributed by atoms with Gasteiger partial charge in [-0.05, 0) is 79.9 Å². The van der Waals surface area contributed by atoms with E-state index in [0.717, 1.165) is 16.9 Å². The van der Waals surface area contributed by atoms with E-state index in [0.29, 0.717) is 29.1 Å². The van der Waals surface area contributed by atoms with Crippen LogP contribution in [0, 0.1) is 18.3 Å². The number of halogens is 1. The van der Waals surface area contributed by atoms with Crippen molar-refractivity contribution >= 4 is 41.2 Å². The number of hydrogen-bond acceptors (Lipinski definition) is 7. The van der Waals surface area contributed by atoms with Gasteiger partial charge in [-0.2, -0.15) is 9.74 Å². The van der Waals surface area contributed by atoms with Crippen molar-refractivity contribution in [1.82, 2.24) is 10.3 Å². The van der Waals surface area contributed by atoms with Crippen LogP contribution < -0.4 is 15.4 Å². The maximum Gasteiger partial charge on any atom is 0.429 e. The van der Waals surface area contributed by atoms with Gasteiger partial charge < -0.3 is 10.1 Å². The number of quaternary nitrogens is 1. The Balaban J connectivity index is 1.71. The van der Waals surface area contributed by atoms with E-state index in [9.17, 15) is 14.4 Å². The summed E-state index contributed by atoms with van der Waals surface area (Å²) < 4.78 is 4.75. The Labute approximate surface area is 249 Å². The van der Waals surface area contributed by atoms with Crippen molar-refractivity contribution in [2.75, 3.05) is 12.4 Å². The normalized spacial score (nSPS) is 16.6. The molecular formula is C32H31ClN5O4+. The molecule has 4 rings (SSSR count). The highest BCUT2D eigenvalue weighted by atomic mass is 35.5. The van der Waals surface area contributed by atoms with Gasteiger partial charge in [0.1, 0.15) is 23.3 Å². The van der Waals surface area contributed by atoms with E-state index in [-0.39, 0.29) is 17.4 Å². The molecule has 3 aromatic rings. The van der Waals surface area contributed by atoms with Gasteiger partial charge in [0.25, 0.3) is 5.91 Å². The lowest BCUT2D eigenvalue weighted by Crippen LogP contribution is -2.64. The first-order chi connectivity index (χ1) is 20.0. The Morgan fingerprint density at radius 2 is 1.88 bits per heavy atom. The van der Waals surface area contributed by atoms with Crippen molar-refractivity contribution in [2.24, 2.45) is 0 Å². The van der Waals surface area contributed by atoms with E-state index in [4.69, 9.17) is 21.6 Å². The average Bonchev–Trinajstić information content (AvgIpc) is 2.95. The smallest absolute Gasteiger partial charge is 0.429 e. The number of benzene rings is 2. The van der Waals surface area contributed by atoms with E-state index < -0.39 is 28.2 Å². The zero-order chi connectivity index (χ0) is 30.4. The largest absolute Gasteiger partial charge is 0.497 e. The standard InChI is InChI=1S/C32H30ClN5O4/c1-20(2)38(19-24-15-28(33)36-29(16-24)35-18-22-7-9-26(42-4)10-8-22)27(17-30(39)37-32(38)41)31(40)25-13-21(3)12-23(14-25)6-5-11-34/h5-10,12-17,20H,18-19H2,1-4H3,(H-,35,36,37,39,41)/p+1. The molecule has 214 valence electrons. The number of carbonyl (C=O) groups excluding carboxylic acids is 3. The molecule has 0 bridgehead atoms. The summed E-state index contributed by atoms with van der Waals surface area (Å²) in [7, 11) is 1.61. The monoisotopic (exact) mass is 584 g/mol. The summed E-state index contributed by atoms with van der Waals surface area (Å²) in [6.45, 7) is 5.98. The molecule has 2 N–H and O–H groups in total. The predicted octanol–water partition coefficient (Wildman–Crippen LogP) is 5.94. The molecule has 2 heterocycles. The lowest BCUT2D eigenvalue weighted by atomic mass is 9.97. The van der Waals surface area contributed by atoms with E-state index in [1.54, 1.807) is 37.5 Å². The van der Waals surface area contributed by atoms with Gasteiger partial charge >= 0.3 is 6.03 Å². The second kappa shape index (κ2) is 12.8. The molecule has 9 nitrogen and oxygen atoms in total. The molecule has 1 aliphatic rings. The van der Waals surface area contributed by atoms with Gasteiger partial charge in [-0.25, -0.2) is 15.1 Å². The van der Waals surface area contributed by atoms with Crippen molar-refractivity contribution in [3.05, 3.63) is 105 Å². The summed E-state index contributed by atoms with van der Waals surface area (Å²) in [6.07, 6.45) is 4.12. The molecule has 1 aromatic heterocycles. The van der Waals surface area contributed by atoms with Crippen LogP contribution in [0.5, 0.6) is 5.75 Å². The highest BCUT2D eigenvalue weighted by Gasteiger charge is 2.51. The highest BCUT2D eigenvalue weighted by molar-refractivity contribution is 6.29. The highest BCUT2D eigenvalue weighted by Crippen LogP contribution is 2.33. The fourth-order valence-electron chi connectivity index (χ4n) is 4.97. The maximum atomic E-state index is 14.1. The zero-order valence-corrected chi connectivity index (χ0v) is 24.5. The minimum absolute atomic E-state index is 0.0419. The summed E-state index contributed by atoms with van der Waals surface area (Å²) in [6, 6.07) is 17.1. The van der Waals surface area contributed by atoms with E-state index >= 15 is 0 Å². The number of imide groups is 1. The first kappa shape index (κ1) is 30.2. The number of pyridine rings is 1. The van der Waals surface area contributed by atoms with Gasteiger partial charge in [0.2, 0.25) is 5.78 Å². The maximum absolute atomic E-state index is 14.1. The number of hydrogen-bond donors (Lipinski definition) is 2. The van der Waals surface area contributed by atoms with Crippen molar-refractivity contribution in [1.29, 1.82) is 5.26 Å². The minimum atomic E-state index is -0.662. The Kier molecular flexibility index (Phi) is 9.21. The number of nitrogens with zero attached hydrogens (tertiary/aromatic N) is 3. The number of ketones is 1. The molecule has 42 heavy (non-hydrogen) atoms. The fraction of sp³-hybridized carbons (Fsp3) is 0.219. The van der Waals surface area contributed by atoms with Crippen LogP contribution in [0.1, 0.15) is 46.5 Å². The van der Waals surface area contributed by atoms with Crippen molar-refractivity contribution in [3.63, 3.8) is 0 Å². The lowest BCUT2D eigenvalue weighted by Gasteiger charge is -2.41. The quantitative estimate of drug-likeness (QED) is 0.131. The second-order valence-corrected chi connectivity index (χ2v) is 10.6. The third-order valence-electron chi connectivity index (χ3n) is 7.04.